The van der Waals surface area contributed by atoms with Gasteiger partial charge in [0.05, 0.1) is 13.2 Å². The number of morpholine rings is 1. The lowest BCUT2D eigenvalue weighted by Gasteiger charge is -2.38. The quantitative estimate of drug-likeness (QED) is 0.762. The molecule has 2 aliphatic heterocycles. The number of hydrogen-bond acceptors (Lipinski definition) is 3. The van der Waals surface area contributed by atoms with Crippen LogP contribution in [0.2, 0.25) is 0 Å². The Kier molecular flexibility index (Phi) is 3.84. The molecule has 3 nitrogen and oxygen atoms in total. The van der Waals surface area contributed by atoms with Crippen LogP contribution in [0, 0.1) is 0 Å². The predicted octanol–water partition coefficient (Wildman–Crippen LogP) is 4.59. The number of para-hydroxylation sites is 2. The van der Waals surface area contributed by atoms with Gasteiger partial charge in [0, 0.05) is 30.3 Å². The smallest absolute Gasteiger partial charge is 0.134 e. The van der Waals surface area contributed by atoms with E-state index in [0.29, 0.717) is 6.04 Å². The Bertz CT molecular complexity index is 820. The van der Waals surface area contributed by atoms with E-state index < -0.39 is 0 Å². The van der Waals surface area contributed by atoms with E-state index in [9.17, 15) is 0 Å². The number of allylic oxidation sites excluding steroid dienone is 1. The average molecular weight is 333 g/mol. The molecular weight excluding hydrogens is 310 g/mol. The molecule has 0 N–H and O–H groups in total. The molecule has 1 saturated heterocycles. The molecule has 128 valence electrons. The normalized spacial score (nSPS) is 23.1. The lowest BCUT2D eigenvalue weighted by atomic mass is 9.81. The number of ether oxygens (including phenoxy) is 2. The molecule has 0 spiro atoms. The van der Waals surface area contributed by atoms with E-state index in [4.69, 9.17) is 9.47 Å². The molecule has 1 atom stereocenters. The minimum absolute atomic E-state index is 0.612. The SMILES string of the molecule is c1ccc2c(c1)Oc1ccccc1C1=C2CCC(N2CCOCC2)C1. The summed E-state index contributed by atoms with van der Waals surface area (Å²) in [5, 5.41) is 0. The first-order valence-corrected chi connectivity index (χ1v) is 9.30. The van der Waals surface area contributed by atoms with E-state index in [0.717, 1.165) is 50.6 Å². The highest BCUT2D eigenvalue weighted by atomic mass is 16.5. The molecule has 0 saturated carbocycles. The minimum Gasteiger partial charge on any atom is -0.456 e. The zero-order chi connectivity index (χ0) is 16.6. The van der Waals surface area contributed by atoms with Crippen molar-refractivity contribution in [3.05, 3.63) is 59.7 Å². The third-order valence-corrected chi connectivity index (χ3v) is 5.74. The predicted molar refractivity (Wildman–Crippen MR) is 99.8 cm³/mol. The fourth-order valence-corrected chi connectivity index (χ4v) is 4.48. The van der Waals surface area contributed by atoms with Gasteiger partial charge in [-0.2, -0.15) is 0 Å². The Hall–Kier alpha value is -2.10. The zero-order valence-corrected chi connectivity index (χ0v) is 14.4. The standard InChI is InChI=1S/C22H23NO2/c1-3-7-21-18(5-1)17-10-9-16(23-11-13-24-14-12-23)15-20(17)19-6-2-4-8-22(19)25-21/h1-8,16H,9-15H2. The number of fused-ring (bicyclic) bond motifs is 4. The van der Waals surface area contributed by atoms with Crippen molar-refractivity contribution in [3.8, 4) is 11.5 Å². The minimum atomic E-state index is 0.612. The van der Waals surface area contributed by atoms with Crippen molar-refractivity contribution in [1.82, 2.24) is 4.90 Å². The van der Waals surface area contributed by atoms with Crippen molar-refractivity contribution >= 4 is 11.1 Å². The summed E-state index contributed by atoms with van der Waals surface area (Å²) in [6, 6.07) is 17.6. The van der Waals surface area contributed by atoms with Crippen LogP contribution in [0.5, 0.6) is 11.5 Å². The van der Waals surface area contributed by atoms with Crippen LogP contribution in [0.15, 0.2) is 48.5 Å². The molecule has 3 aliphatic rings. The van der Waals surface area contributed by atoms with Crippen molar-refractivity contribution in [1.29, 1.82) is 0 Å². The van der Waals surface area contributed by atoms with E-state index in [1.165, 1.54) is 28.7 Å². The van der Waals surface area contributed by atoms with Crippen LogP contribution in [0.4, 0.5) is 0 Å². The maximum absolute atomic E-state index is 6.30. The fourth-order valence-electron chi connectivity index (χ4n) is 4.48. The molecule has 0 amide bonds. The first kappa shape index (κ1) is 15.2. The van der Waals surface area contributed by atoms with Gasteiger partial charge in [0.15, 0.2) is 0 Å². The summed E-state index contributed by atoms with van der Waals surface area (Å²) in [5.74, 6) is 1.98. The monoisotopic (exact) mass is 333 g/mol. The molecule has 1 unspecified atom stereocenters. The van der Waals surface area contributed by atoms with E-state index >= 15 is 0 Å². The van der Waals surface area contributed by atoms with Crippen molar-refractivity contribution in [2.45, 2.75) is 25.3 Å². The van der Waals surface area contributed by atoms with Crippen molar-refractivity contribution in [2.75, 3.05) is 26.3 Å². The van der Waals surface area contributed by atoms with Crippen LogP contribution < -0.4 is 4.74 Å². The highest BCUT2D eigenvalue weighted by Crippen LogP contribution is 2.48. The van der Waals surface area contributed by atoms with Gasteiger partial charge in [-0.25, -0.2) is 0 Å². The Morgan fingerprint density at radius 2 is 1.44 bits per heavy atom. The zero-order valence-electron chi connectivity index (χ0n) is 14.4. The highest BCUT2D eigenvalue weighted by Gasteiger charge is 2.31. The molecule has 0 radical (unpaired) electrons. The fraction of sp³-hybridized carbons (Fsp3) is 0.364. The topological polar surface area (TPSA) is 21.7 Å². The number of rotatable bonds is 1. The van der Waals surface area contributed by atoms with Gasteiger partial charge in [-0.05, 0) is 42.5 Å². The molecule has 3 heteroatoms. The summed E-state index contributed by atoms with van der Waals surface area (Å²) in [6.07, 6.45) is 3.44. The third kappa shape index (κ3) is 2.68. The number of nitrogens with zero attached hydrogens (tertiary/aromatic N) is 1. The summed E-state index contributed by atoms with van der Waals surface area (Å²) < 4.78 is 11.8. The van der Waals surface area contributed by atoms with Gasteiger partial charge in [-0.3, -0.25) is 4.90 Å². The lowest BCUT2D eigenvalue weighted by Crippen LogP contribution is -2.44. The van der Waals surface area contributed by atoms with E-state index in [-0.39, 0.29) is 0 Å². The largest absolute Gasteiger partial charge is 0.456 e. The molecule has 2 aromatic rings. The molecule has 0 aromatic heterocycles. The van der Waals surface area contributed by atoms with Gasteiger partial charge in [-0.15, -0.1) is 0 Å². The summed E-state index contributed by atoms with van der Waals surface area (Å²) >= 11 is 0. The molecule has 2 aromatic carbocycles. The molecule has 25 heavy (non-hydrogen) atoms. The van der Waals surface area contributed by atoms with Crippen LogP contribution in [0.25, 0.3) is 11.1 Å². The van der Waals surface area contributed by atoms with Crippen LogP contribution in [-0.4, -0.2) is 37.2 Å². The van der Waals surface area contributed by atoms with Gasteiger partial charge >= 0.3 is 0 Å². The maximum atomic E-state index is 6.30. The number of benzene rings is 2. The van der Waals surface area contributed by atoms with Crippen LogP contribution >= 0.6 is 0 Å². The Morgan fingerprint density at radius 3 is 2.16 bits per heavy atom. The van der Waals surface area contributed by atoms with Gasteiger partial charge in [0.2, 0.25) is 0 Å². The first-order chi connectivity index (χ1) is 12.4. The Balaban J connectivity index is 1.59. The highest BCUT2D eigenvalue weighted by molar-refractivity contribution is 5.96. The van der Waals surface area contributed by atoms with Crippen LogP contribution in [-0.2, 0) is 4.74 Å². The Labute approximate surface area is 148 Å². The van der Waals surface area contributed by atoms with Gasteiger partial charge in [-0.1, -0.05) is 36.4 Å². The average Bonchev–Trinajstić information content (AvgIpc) is 2.83. The molecule has 0 bridgehead atoms. The van der Waals surface area contributed by atoms with E-state index in [2.05, 4.69) is 53.4 Å². The summed E-state index contributed by atoms with van der Waals surface area (Å²) in [4.78, 5) is 2.62. The van der Waals surface area contributed by atoms with Crippen molar-refractivity contribution in [3.63, 3.8) is 0 Å². The number of hydrogen-bond donors (Lipinski definition) is 0. The molecular formula is C22H23NO2. The molecule has 5 rings (SSSR count). The first-order valence-electron chi connectivity index (χ1n) is 9.30. The van der Waals surface area contributed by atoms with Gasteiger partial charge in [0.25, 0.3) is 0 Å². The van der Waals surface area contributed by atoms with E-state index in [1.807, 2.05) is 0 Å². The summed E-state index contributed by atoms with van der Waals surface area (Å²) in [5.41, 5.74) is 5.49. The van der Waals surface area contributed by atoms with Crippen LogP contribution in [0.3, 0.4) is 0 Å². The second kappa shape index (κ2) is 6.32. The van der Waals surface area contributed by atoms with Crippen molar-refractivity contribution in [2.24, 2.45) is 0 Å². The Morgan fingerprint density at radius 1 is 0.800 bits per heavy atom. The van der Waals surface area contributed by atoms with Crippen LogP contribution in [0.1, 0.15) is 30.4 Å². The van der Waals surface area contributed by atoms with Gasteiger partial charge < -0.3 is 9.47 Å². The van der Waals surface area contributed by atoms with E-state index in [1.54, 1.807) is 0 Å². The molecule has 1 fully saturated rings. The summed E-state index contributed by atoms with van der Waals surface area (Å²) in [7, 11) is 0. The molecule has 2 heterocycles. The second-order valence-electron chi connectivity index (χ2n) is 7.10. The second-order valence-corrected chi connectivity index (χ2v) is 7.10. The third-order valence-electron chi connectivity index (χ3n) is 5.74. The maximum Gasteiger partial charge on any atom is 0.134 e. The van der Waals surface area contributed by atoms with Gasteiger partial charge in [0.1, 0.15) is 11.5 Å². The molecule has 1 aliphatic carbocycles. The lowest BCUT2D eigenvalue weighted by molar-refractivity contribution is 0.0156. The summed E-state index contributed by atoms with van der Waals surface area (Å²) in [6.45, 7) is 3.85. The van der Waals surface area contributed by atoms with Crippen molar-refractivity contribution < 1.29 is 9.47 Å².